The summed E-state index contributed by atoms with van der Waals surface area (Å²) in [6.07, 6.45) is 4.74. The van der Waals surface area contributed by atoms with E-state index in [4.69, 9.17) is 10.5 Å². The van der Waals surface area contributed by atoms with Crippen molar-refractivity contribution < 1.29 is 9.53 Å². The average Bonchev–Trinajstić information content (AvgIpc) is 2.94. The minimum atomic E-state index is 0. The van der Waals surface area contributed by atoms with E-state index in [9.17, 15) is 4.79 Å². The number of carbonyl (C=O) groups is 1. The largest absolute Gasteiger partial charge is 0.381 e. The van der Waals surface area contributed by atoms with Crippen molar-refractivity contribution in [2.24, 2.45) is 28.9 Å². The normalized spacial score (nSPS) is 44.6. The summed E-state index contributed by atoms with van der Waals surface area (Å²) in [7, 11) is 1.75. The number of amides is 1. The van der Waals surface area contributed by atoms with Crippen molar-refractivity contribution in [2.75, 3.05) is 7.11 Å². The Morgan fingerprint density at radius 1 is 1.25 bits per heavy atom. The van der Waals surface area contributed by atoms with E-state index in [0.717, 1.165) is 12.8 Å². The molecule has 0 aliphatic heterocycles. The monoisotopic (exact) mass is 302 g/mol. The van der Waals surface area contributed by atoms with E-state index in [1.54, 1.807) is 7.11 Å². The molecule has 2 bridgehead atoms. The summed E-state index contributed by atoms with van der Waals surface area (Å²) in [5.74, 6) is 1.35. The van der Waals surface area contributed by atoms with Gasteiger partial charge in [-0.3, -0.25) is 4.79 Å². The molecule has 1 amide bonds. The highest BCUT2D eigenvalue weighted by molar-refractivity contribution is 5.85. The van der Waals surface area contributed by atoms with Crippen LogP contribution in [0.1, 0.15) is 39.5 Å². The van der Waals surface area contributed by atoms with Crippen molar-refractivity contribution in [3.8, 4) is 0 Å². The highest BCUT2D eigenvalue weighted by Crippen LogP contribution is 2.48. The first-order valence-corrected chi connectivity index (χ1v) is 7.54. The van der Waals surface area contributed by atoms with E-state index >= 15 is 0 Å². The number of hydrogen-bond donors (Lipinski definition) is 2. The summed E-state index contributed by atoms with van der Waals surface area (Å²) in [6.45, 7) is 4.33. The zero-order valence-corrected chi connectivity index (χ0v) is 13.4. The van der Waals surface area contributed by atoms with Gasteiger partial charge in [0, 0.05) is 24.6 Å². The van der Waals surface area contributed by atoms with Gasteiger partial charge in [-0.1, -0.05) is 13.8 Å². The van der Waals surface area contributed by atoms with E-state index in [2.05, 4.69) is 19.2 Å². The molecule has 0 aromatic heterocycles. The topological polar surface area (TPSA) is 64.3 Å². The summed E-state index contributed by atoms with van der Waals surface area (Å²) in [5, 5.41) is 3.23. The Morgan fingerprint density at radius 2 is 1.90 bits per heavy atom. The van der Waals surface area contributed by atoms with Crippen LogP contribution in [-0.2, 0) is 9.53 Å². The van der Waals surface area contributed by atoms with Crippen LogP contribution in [0, 0.1) is 23.2 Å². The Labute approximate surface area is 127 Å². The van der Waals surface area contributed by atoms with Crippen molar-refractivity contribution in [2.45, 2.75) is 57.7 Å². The SMILES string of the molecule is COC1CC(NC(=O)C2C3CCC(C3)C2N)C1(C)C.Cl. The lowest BCUT2D eigenvalue weighted by atomic mass is 9.64. The standard InChI is InChI=1S/C15H26N2O2.ClH/c1-15(2)10(7-11(15)19-3)17-14(18)12-8-4-5-9(6-8)13(12)16;/h8-13H,4-7,16H2,1-3H3,(H,17,18);1H. The smallest absolute Gasteiger partial charge is 0.225 e. The molecule has 0 aromatic carbocycles. The highest BCUT2D eigenvalue weighted by atomic mass is 35.5. The van der Waals surface area contributed by atoms with Gasteiger partial charge in [-0.2, -0.15) is 0 Å². The third-order valence-electron chi connectivity index (χ3n) is 6.06. The molecule has 3 N–H and O–H groups in total. The van der Waals surface area contributed by atoms with Crippen LogP contribution in [0.5, 0.6) is 0 Å². The molecule has 3 rings (SSSR count). The van der Waals surface area contributed by atoms with E-state index in [-0.39, 0.29) is 47.8 Å². The number of fused-ring (bicyclic) bond motifs is 2. The number of methoxy groups -OCH3 is 1. The molecule has 116 valence electrons. The summed E-state index contributed by atoms with van der Waals surface area (Å²) in [4.78, 5) is 12.5. The maximum Gasteiger partial charge on any atom is 0.225 e. The molecule has 4 nitrogen and oxygen atoms in total. The summed E-state index contributed by atoms with van der Waals surface area (Å²) < 4.78 is 5.43. The zero-order valence-electron chi connectivity index (χ0n) is 12.6. The minimum absolute atomic E-state index is 0. The molecular formula is C15H27ClN2O2. The van der Waals surface area contributed by atoms with E-state index in [1.165, 1.54) is 12.8 Å². The number of hydrogen-bond acceptors (Lipinski definition) is 3. The number of ether oxygens (including phenoxy) is 1. The van der Waals surface area contributed by atoms with Crippen LogP contribution in [0.2, 0.25) is 0 Å². The van der Waals surface area contributed by atoms with Gasteiger partial charge in [0.1, 0.15) is 0 Å². The molecule has 0 saturated heterocycles. The van der Waals surface area contributed by atoms with Crippen LogP contribution < -0.4 is 11.1 Å². The maximum absolute atomic E-state index is 12.5. The molecule has 3 aliphatic carbocycles. The second kappa shape index (κ2) is 5.47. The van der Waals surface area contributed by atoms with Crippen molar-refractivity contribution in [1.82, 2.24) is 5.32 Å². The summed E-state index contributed by atoms with van der Waals surface area (Å²) >= 11 is 0. The van der Waals surface area contributed by atoms with Gasteiger partial charge in [-0.05, 0) is 37.5 Å². The third-order valence-corrected chi connectivity index (χ3v) is 6.06. The number of halogens is 1. The van der Waals surface area contributed by atoms with Gasteiger partial charge in [0.2, 0.25) is 5.91 Å². The molecule has 0 spiro atoms. The van der Waals surface area contributed by atoms with E-state index in [1.807, 2.05) is 0 Å². The molecular weight excluding hydrogens is 276 g/mol. The predicted molar refractivity (Wildman–Crippen MR) is 80.7 cm³/mol. The zero-order chi connectivity index (χ0) is 13.8. The molecule has 3 saturated carbocycles. The molecule has 3 fully saturated rings. The van der Waals surface area contributed by atoms with Crippen LogP contribution in [0.15, 0.2) is 0 Å². The van der Waals surface area contributed by atoms with Crippen LogP contribution in [-0.4, -0.2) is 31.2 Å². The fraction of sp³-hybridized carbons (Fsp3) is 0.933. The second-order valence-electron chi connectivity index (χ2n) is 7.28. The number of rotatable bonds is 3. The number of nitrogens with one attached hydrogen (secondary N) is 1. The summed E-state index contributed by atoms with van der Waals surface area (Å²) in [6, 6.07) is 0.316. The second-order valence-corrected chi connectivity index (χ2v) is 7.28. The lowest BCUT2D eigenvalue weighted by molar-refractivity contribution is -0.138. The minimum Gasteiger partial charge on any atom is -0.381 e. The van der Waals surface area contributed by atoms with Crippen LogP contribution >= 0.6 is 12.4 Å². The first-order valence-electron chi connectivity index (χ1n) is 7.54. The Hall–Kier alpha value is -0.320. The average molecular weight is 303 g/mol. The Kier molecular flexibility index (Phi) is 4.39. The Balaban J connectivity index is 0.00000147. The quantitative estimate of drug-likeness (QED) is 0.834. The van der Waals surface area contributed by atoms with Crippen molar-refractivity contribution >= 4 is 18.3 Å². The molecule has 6 unspecified atom stereocenters. The molecule has 3 aliphatic rings. The highest BCUT2D eigenvalue weighted by Gasteiger charge is 2.53. The lowest BCUT2D eigenvalue weighted by Gasteiger charge is -2.51. The van der Waals surface area contributed by atoms with Gasteiger partial charge in [0.05, 0.1) is 12.0 Å². The first-order chi connectivity index (χ1) is 8.95. The predicted octanol–water partition coefficient (Wildman–Crippen LogP) is 1.71. The molecule has 0 aromatic rings. The molecule has 5 heteroatoms. The lowest BCUT2D eigenvalue weighted by Crippen LogP contribution is -2.63. The fourth-order valence-corrected chi connectivity index (χ4v) is 4.52. The first kappa shape index (κ1) is 16.1. The van der Waals surface area contributed by atoms with Gasteiger partial charge >= 0.3 is 0 Å². The van der Waals surface area contributed by atoms with E-state index < -0.39 is 0 Å². The Bertz CT molecular complexity index is 386. The van der Waals surface area contributed by atoms with Crippen molar-refractivity contribution in [3.05, 3.63) is 0 Å². The maximum atomic E-state index is 12.5. The van der Waals surface area contributed by atoms with Crippen molar-refractivity contribution in [3.63, 3.8) is 0 Å². The van der Waals surface area contributed by atoms with Gasteiger partial charge in [0.25, 0.3) is 0 Å². The number of carbonyl (C=O) groups excluding carboxylic acids is 1. The number of nitrogens with two attached hydrogens (primary N) is 1. The molecule has 20 heavy (non-hydrogen) atoms. The molecule has 6 atom stereocenters. The molecule has 0 heterocycles. The van der Waals surface area contributed by atoms with E-state index in [0.29, 0.717) is 11.8 Å². The van der Waals surface area contributed by atoms with Crippen LogP contribution in [0.25, 0.3) is 0 Å². The molecule has 0 radical (unpaired) electrons. The van der Waals surface area contributed by atoms with Crippen LogP contribution in [0.3, 0.4) is 0 Å². The Morgan fingerprint density at radius 3 is 2.40 bits per heavy atom. The van der Waals surface area contributed by atoms with Crippen molar-refractivity contribution in [1.29, 1.82) is 0 Å². The van der Waals surface area contributed by atoms with Gasteiger partial charge in [-0.25, -0.2) is 0 Å². The van der Waals surface area contributed by atoms with Gasteiger partial charge in [0.15, 0.2) is 0 Å². The van der Waals surface area contributed by atoms with Gasteiger partial charge in [-0.15, -0.1) is 12.4 Å². The van der Waals surface area contributed by atoms with Gasteiger partial charge < -0.3 is 15.8 Å². The third kappa shape index (κ3) is 2.26. The van der Waals surface area contributed by atoms with Crippen LogP contribution in [0.4, 0.5) is 0 Å². The summed E-state index contributed by atoms with van der Waals surface area (Å²) in [5.41, 5.74) is 6.27. The fourth-order valence-electron chi connectivity index (χ4n) is 4.52.